The van der Waals surface area contributed by atoms with Gasteiger partial charge in [-0.1, -0.05) is 18.2 Å². The Balaban J connectivity index is 1.59. The number of hydrogen-bond acceptors (Lipinski definition) is 5. The second kappa shape index (κ2) is 7.98. The van der Waals surface area contributed by atoms with Crippen LogP contribution in [-0.2, 0) is 12.6 Å². The molecule has 27 heavy (non-hydrogen) atoms. The first-order valence-electron chi connectivity index (χ1n) is 8.03. The molecule has 3 aromatic rings. The van der Waals surface area contributed by atoms with Crippen molar-refractivity contribution in [3.63, 3.8) is 0 Å². The van der Waals surface area contributed by atoms with Gasteiger partial charge in [0.05, 0.1) is 11.8 Å². The summed E-state index contributed by atoms with van der Waals surface area (Å²) >= 11 is 0. The first-order chi connectivity index (χ1) is 12.9. The lowest BCUT2D eigenvalue weighted by atomic mass is 10.1. The topological polar surface area (TPSA) is 62.7 Å². The van der Waals surface area contributed by atoms with Gasteiger partial charge in [0.2, 0.25) is 5.95 Å². The number of nitrogens with one attached hydrogen (secondary N) is 2. The highest BCUT2D eigenvalue weighted by atomic mass is 19.4. The molecule has 1 heterocycles. The molecule has 2 aromatic carbocycles. The van der Waals surface area contributed by atoms with Gasteiger partial charge in [-0.2, -0.15) is 23.3 Å². The van der Waals surface area contributed by atoms with Crippen molar-refractivity contribution in [1.29, 1.82) is 0 Å². The molecule has 5 nitrogen and oxygen atoms in total. The summed E-state index contributed by atoms with van der Waals surface area (Å²) in [6, 6.07) is 11.0. The van der Waals surface area contributed by atoms with E-state index in [0.29, 0.717) is 30.0 Å². The van der Waals surface area contributed by atoms with Gasteiger partial charge in [-0.05, 0) is 42.3 Å². The van der Waals surface area contributed by atoms with E-state index in [1.807, 2.05) is 0 Å². The zero-order valence-corrected chi connectivity index (χ0v) is 14.0. The molecule has 1 aromatic heterocycles. The van der Waals surface area contributed by atoms with Crippen molar-refractivity contribution < 1.29 is 17.6 Å². The Morgan fingerprint density at radius 3 is 2.41 bits per heavy atom. The Labute approximate surface area is 152 Å². The molecule has 0 saturated carbocycles. The third-order valence-corrected chi connectivity index (χ3v) is 3.69. The van der Waals surface area contributed by atoms with E-state index in [-0.39, 0.29) is 11.8 Å². The first-order valence-corrected chi connectivity index (χ1v) is 8.03. The SMILES string of the molecule is Fc1ccccc1CCNc1cnnc(Nc2ccc(C(F)(F)F)cc2)n1. The van der Waals surface area contributed by atoms with E-state index < -0.39 is 11.7 Å². The van der Waals surface area contributed by atoms with Gasteiger partial charge in [-0.15, -0.1) is 5.10 Å². The number of nitrogens with zero attached hydrogens (tertiary/aromatic N) is 3. The largest absolute Gasteiger partial charge is 0.416 e. The minimum atomic E-state index is -4.39. The summed E-state index contributed by atoms with van der Waals surface area (Å²) in [7, 11) is 0. The smallest absolute Gasteiger partial charge is 0.368 e. The number of alkyl halides is 3. The number of anilines is 3. The van der Waals surface area contributed by atoms with Crippen LogP contribution in [0.4, 0.5) is 35.0 Å². The second-order valence-electron chi connectivity index (χ2n) is 5.63. The fraction of sp³-hybridized carbons (Fsp3) is 0.167. The molecular weight excluding hydrogens is 362 g/mol. The van der Waals surface area contributed by atoms with E-state index in [1.54, 1.807) is 18.2 Å². The van der Waals surface area contributed by atoms with Gasteiger partial charge >= 0.3 is 6.18 Å². The lowest BCUT2D eigenvalue weighted by Gasteiger charge is -2.09. The lowest BCUT2D eigenvalue weighted by molar-refractivity contribution is -0.137. The number of halogens is 4. The Morgan fingerprint density at radius 1 is 0.963 bits per heavy atom. The highest BCUT2D eigenvalue weighted by Gasteiger charge is 2.29. The van der Waals surface area contributed by atoms with Gasteiger partial charge in [0.1, 0.15) is 5.82 Å². The normalized spacial score (nSPS) is 11.3. The fourth-order valence-corrected chi connectivity index (χ4v) is 2.34. The quantitative estimate of drug-likeness (QED) is 0.623. The number of benzene rings is 2. The molecule has 0 aliphatic carbocycles. The zero-order valence-electron chi connectivity index (χ0n) is 14.0. The molecule has 0 bridgehead atoms. The average molecular weight is 377 g/mol. The third-order valence-electron chi connectivity index (χ3n) is 3.69. The van der Waals surface area contributed by atoms with E-state index >= 15 is 0 Å². The van der Waals surface area contributed by atoms with Crippen molar-refractivity contribution in [3.8, 4) is 0 Å². The van der Waals surface area contributed by atoms with Crippen LogP contribution in [-0.4, -0.2) is 21.7 Å². The second-order valence-corrected chi connectivity index (χ2v) is 5.63. The summed E-state index contributed by atoms with van der Waals surface area (Å²) in [5, 5.41) is 13.4. The van der Waals surface area contributed by atoms with Gasteiger partial charge in [0.25, 0.3) is 0 Å². The maximum Gasteiger partial charge on any atom is 0.416 e. The third kappa shape index (κ3) is 5.13. The van der Waals surface area contributed by atoms with E-state index in [0.717, 1.165) is 12.1 Å². The van der Waals surface area contributed by atoms with Crippen LogP contribution in [0.15, 0.2) is 54.7 Å². The summed E-state index contributed by atoms with van der Waals surface area (Å²) < 4.78 is 51.3. The van der Waals surface area contributed by atoms with Crippen molar-refractivity contribution >= 4 is 17.5 Å². The molecule has 0 aliphatic rings. The summed E-state index contributed by atoms with van der Waals surface area (Å²) in [4.78, 5) is 4.18. The van der Waals surface area contributed by atoms with E-state index in [1.165, 1.54) is 24.4 Å². The number of aromatic nitrogens is 3. The van der Waals surface area contributed by atoms with E-state index in [9.17, 15) is 17.6 Å². The Kier molecular flexibility index (Phi) is 5.49. The minimum Gasteiger partial charge on any atom is -0.368 e. The van der Waals surface area contributed by atoms with Gasteiger partial charge < -0.3 is 10.6 Å². The number of rotatable bonds is 6. The molecule has 2 N–H and O–H groups in total. The molecule has 0 spiro atoms. The highest BCUT2D eigenvalue weighted by Crippen LogP contribution is 2.30. The molecule has 3 rings (SSSR count). The van der Waals surface area contributed by atoms with Crippen molar-refractivity contribution in [1.82, 2.24) is 15.2 Å². The molecule has 9 heteroatoms. The molecule has 0 aliphatic heterocycles. The molecule has 0 radical (unpaired) electrons. The van der Waals surface area contributed by atoms with Crippen LogP contribution in [0.25, 0.3) is 0 Å². The summed E-state index contributed by atoms with van der Waals surface area (Å²) in [5.41, 5.74) is 0.235. The van der Waals surface area contributed by atoms with Crippen molar-refractivity contribution in [2.24, 2.45) is 0 Å². The van der Waals surface area contributed by atoms with E-state index in [4.69, 9.17) is 0 Å². The molecule has 140 valence electrons. The van der Waals surface area contributed by atoms with Gasteiger partial charge in [0.15, 0.2) is 5.82 Å². The van der Waals surface area contributed by atoms with Crippen LogP contribution in [0.3, 0.4) is 0 Å². The van der Waals surface area contributed by atoms with Gasteiger partial charge in [-0.25, -0.2) is 4.39 Å². The first kappa shape index (κ1) is 18.6. The predicted molar refractivity (Wildman–Crippen MR) is 93.1 cm³/mol. The fourth-order valence-electron chi connectivity index (χ4n) is 2.34. The van der Waals surface area contributed by atoms with Crippen LogP contribution in [0.1, 0.15) is 11.1 Å². The Morgan fingerprint density at radius 2 is 1.70 bits per heavy atom. The van der Waals surface area contributed by atoms with Crippen LogP contribution >= 0.6 is 0 Å². The zero-order chi connectivity index (χ0) is 19.3. The molecule has 0 fully saturated rings. The van der Waals surface area contributed by atoms with Crippen LogP contribution in [0.2, 0.25) is 0 Å². The highest BCUT2D eigenvalue weighted by molar-refractivity contribution is 5.54. The maximum absolute atomic E-state index is 13.6. The van der Waals surface area contributed by atoms with Crippen LogP contribution in [0.5, 0.6) is 0 Å². The van der Waals surface area contributed by atoms with Crippen molar-refractivity contribution in [2.75, 3.05) is 17.2 Å². The predicted octanol–water partition coefficient (Wildman–Crippen LogP) is 4.43. The summed E-state index contributed by atoms with van der Waals surface area (Å²) in [6.07, 6.45) is -2.53. The lowest BCUT2D eigenvalue weighted by Crippen LogP contribution is -2.09. The average Bonchev–Trinajstić information content (AvgIpc) is 2.63. The molecular formula is C18H15F4N5. The molecule has 0 unspecified atom stereocenters. The van der Waals surface area contributed by atoms with Crippen molar-refractivity contribution in [2.45, 2.75) is 12.6 Å². The maximum atomic E-state index is 13.6. The van der Waals surface area contributed by atoms with Crippen LogP contribution < -0.4 is 10.6 Å². The number of hydrogen-bond donors (Lipinski definition) is 2. The molecule has 0 atom stereocenters. The monoisotopic (exact) mass is 377 g/mol. The van der Waals surface area contributed by atoms with Crippen LogP contribution in [0, 0.1) is 5.82 Å². The Hall–Kier alpha value is -3.23. The van der Waals surface area contributed by atoms with Gasteiger partial charge in [-0.3, -0.25) is 0 Å². The standard InChI is InChI=1S/C18H15F4N5/c19-15-4-2-1-3-12(15)9-10-23-16-11-24-27-17(26-16)25-14-7-5-13(6-8-14)18(20,21)22/h1-8,11H,9-10H2,(H2,23,25,26,27). The molecule has 0 amide bonds. The summed E-state index contributed by atoms with van der Waals surface area (Å²) in [5.74, 6) is 0.270. The van der Waals surface area contributed by atoms with Gasteiger partial charge in [0, 0.05) is 12.2 Å². The minimum absolute atomic E-state index is 0.130. The Bertz CT molecular complexity index is 897. The summed E-state index contributed by atoms with van der Waals surface area (Å²) in [6.45, 7) is 0.430. The molecule has 0 saturated heterocycles. The van der Waals surface area contributed by atoms with E-state index in [2.05, 4.69) is 25.8 Å². The van der Waals surface area contributed by atoms with Crippen molar-refractivity contribution in [3.05, 3.63) is 71.7 Å².